The van der Waals surface area contributed by atoms with Crippen LogP contribution in [0.2, 0.25) is 39.3 Å². The van der Waals surface area contributed by atoms with E-state index < -0.39 is 25.2 Å². The lowest BCUT2D eigenvalue weighted by Gasteiger charge is -2.37. The molecule has 0 aromatic heterocycles. The van der Waals surface area contributed by atoms with Crippen molar-refractivity contribution in [2.75, 3.05) is 12.5 Å². The summed E-state index contributed by atoms with van der Waals surface area (Å²) in [6.45, 7) is 11.8. The van der Waals surface area contributed by atoms with Crippen LogP contribution >= 0.6 is 0 Å². The highest BCUT2D eigenvalue weighted by Gasteiger charge is 2.39. The summed E-state index contributed by atoms with van der Waals surface area (Å²) < 4.78 is 11.9. The summed E-state index contributed by atoms with van der Waals surface area (Å²) in [6.07, 6.45) is 0.210. The fraction of sp³-hybridized carbons (Fsp3) is 1.00. The monoisotopic (exact) mass is 268 g/mol. The van der Waals surface area contributed by atoms with Crippen LogP contribution in [0.25, 0.3) is 0 Å². The third kappa shape index (κ3) is 6.61. The Bertz CT molecular complexity index is 186. The van der Waals surface area contributed by atoms with Crippen molar-refractivity contribution in [1.29, 1.82) is 0 Å². The van der Waals surface area contributed by atoms with Gasteiger partial charge in [-0.25, -0.2) is 0 Å². The Morgan fingerprint density at radius 1 is 0.733 bits per heavy atom. The number of aliphatic hydroxyl groups excluding tert-OH is 2. The second kappa shape index (κ2) is 5.21. The van der Waals surface area contributed by atoms with E-state index in [2.05, 4.69) is 0 Å². The van der Waals surface area contributed by atoms with Crippen LogP contribution in [0, 0.1) is 0 Å². The number of rotatable bonds is 6. The second-order valence-corrected chi connectivity index (χ2v) is 17.5. The number of hydrogen-bond donors (Lipinski definition) is 2. The Hall–Kier alpha value is 0.491. The van der Waals surface area contributed by atoms with Crippen molar-refractivity contribution in [3.63, 3.8) is 0 Å². The van der Waals surface area contributed by atoms with Crippen molar-refractivity contribution < 1.29 is 18.4 Å². The Morgan fingerprint density at radius 3 is 1.20 bits per heavy atom. The highest BCUT2D eigenvalue weighted by Crippen LogP contribution is 2.19. The van der Waals surface area contributed by atoms with Crippen molar-refractivity contribution in [2.24, 2.45) is 0 Å². The van der Waals surface area contributed by atoms with E-state index >= 15 is 0 Å². The zero-order valence-corrected chi connectivity index (χ0v) is 13.6. The topological polar surface area (TPSA) is 58.9 Å². The van der Waals surface area contributed by atoms with Gasteiger partial charge in [0.2, 0.25) is 16.6 Å². The van der Waals surface area contributed by atoms with Crippen LogP contribution in [0.1, 0.15) is 0 Å². The molecular weight excluding hydrogens is 244 g/mol. The van der Waals surface area contributed by atoms with Crippen LogP contribution in [-0.4, -0.2) is 47.9 Å². The lowest BCUT2D eigenvalue weighted by molar-refractivity contribution is 0.298. The van der Waals surface area contributed by atoms with E-state index in [-0.39, 0.29) is 12.5 Å². The van der Waals surface area contributed by atoms with Gasteiger partial charge >= 0.3 is 8.56 Å². The average Bonchev–Trinajstić information content (AvgIpc) is 2.00. The van der Waals surface area contributed by atoms with Crippen molar-refractivity contribution in [2.45, 2.75) is 39.3 Å². The molecule has 0 bridgehead atoms. The van der Waals surface area contributed by atoms with Crippen LogP contribution < -0.4 is 0 Å². The van der Waals surface area contributed by atoms with Crippen LogP contribution in [-0.2, 0) is 8.23 Å². The minimum Gasteiger partial charge on any atom is -0.435 e. The normalized spacial score (nSPS) is 14.4. The fourth-order valence-corrected chi connectivity index (χ4v) is 13.1. The Labute approximate surface area is 95.7 Å². The first-order valence-corrected chi connectivity index (χ1v) is 14.2. The summed E-state index contributed by atoms with van der Waals surface area (Å²) in [7, 11) is -6.20. The minimum absolute atomic E-state index is 0.105. The van der Waals surface area contributed by atoms with E-state index in [0.29, 0.717) is 0 Å². The first-order chi connectivity index (χ1) is 6.54. The Balaban J connectivity index is 4.43. The van der Waals surface area contributed by atoms with Crippen LogP contribution in [0.4, 0.5) is 0 Å². The maximum atomic E-state index is 9.18. The van der Waals surface area contributed by atoms with E-state index in [4.69, 9.17) is 8.23 Å². The van der Waals surface area contributed by atoms with Gasteiger partial charge < -0.3 is 18.4 Å². The summed E-state index contributed by atoms with van der Waals surface area (Å²) in [4.78, 5) is 0. The Morgan fingerprint density at radius 2 is 1.00 bits per heavy atom. The van der Waals surface area contributed by atoms with Gasteiger partial charge in [-0.05, 0) is 39.3 Å². The van der Waals surface area contributed by atoms with Crippen LogP contribution in [0.5, 0.6) is 0 Å². The third-order valence-corrected chi connectivity index (χ3v) is 11.7. The van der Waals surface area contributed by atoms with E-state index in [1.165, 1.54) is 0 Å². The SMILES string of the molecule is C[Si](C)(CO)O[Si](C)(C)O[Si](C)(C)CO. The summed E-state index contributed by atoms with van der Waals surface area (Å²) >= 11 is 0. The molecule has 0 aromatic rings. The number of hydrogen-bond acceptors (Lipinski definition) is 4. The maximum absolute atomic E-state index is 9.18. The first-order valence-electron chi connectivity index (χ1n) is 5.16. The van der Waals surface area contributed by atoms with Crippen molar-refractivity contribution in [3.8, 4) is 0 Å². The van der Waals surface area contributed by atoms with Gasteiger partial charge in [-0.15, -0.1) is 0 Å². The van der Waals surface area contributed by atoms with Gasteiger partial charge in [-0.1, -0.05) is 0 Å². The molecule has 0 rings (SSSR count). The largest absolute Gasteiger partial charge is 0.435 e. The lowest BCUT2D eigenvalue weighted by Crippen LogP contribution is -2.55. The number of aliphatic hydroxyl groups is 2. The predicted octanol–water partition coefficient (Wildman–Crippen LogP) is 1.19. The fourth-order valence-electron chi connectivity index (χ4n) is 1.42. The zero-order chi connectivity index (χ0) is 12.3. The van der Waals surface area contributed by atoms with E-state index in [9.17, 15) is 10.2 Å². The first kappa shape index (κ1) is 15.5. The molecule has 92 valence electrons. The summed E-state index contributed by atoms with van der Waals surface area (Å²) in [5, 5.41) is 18.4. The molecule has 0 aliphatic rings. The smallest absolute Gasteiger partial charge is 0.311 e. The standard InChI is InChI=1S/C8H24O4Si3/c1-13(2,7-9)11-15(5,6)12-14(3,4)8-10/h9-10H,7-8H2,1-6H3. The van der Waals surface area contributed by atoms with Gasteiger partial charge in [0.15, 0.2) is 0 Å². The molecule has 0 heterocycles. The molecular formula is C8H24O4Si3. The molecule has 0 radical (unpaired) electrons. The van der Waals surface area contributed by atoms with Crippen LogP contribution in [0.3, 0.4) is 0 Å². The molecule has 0 aliphatic carbocycles. The third-order valence-electron chi connectivity index (χ3n) is 1.81. The van der Waals surface area contributed by atoms with Crippen molar-refractivity contribution in [3.05, 3.63) is 0 Å². The van der Waals surface area contributed by atoms with E-state index in [1.807, 2.05) is 39.3 Å². The zero-order valence-electron chi connectivity index (χ0n) is 10.6. The minimum atomic E-state index is -2.21. The molecule has 0 fully saturated rings. The molecule has 0 unspecified atom stereocenters. The molecule has 0 amide bonds. The molecule has 0 saturated carbocycles. The Kier molecular flexibility index (Phi) is 5.38. The van der Waals surface area contributed by atoms with Gasteiger partial charge in [0.05, 0.1) is 12.5 Å². The molecule has 0 aliphatic heterocycles. The van der Waals surface area contributed by atoms with Gasteiger partial charge in [-0.3, -0.25) is 0 Å². The molecule has 0 spiro atoms. The molecule has 7 heteroatoms. The molecule has 2 N–H and O–H groups in total. The lowest BCUT2D eigenvalue weighted by atomic mass is 11.7. The second-order valence-electron chi connectivity index (χ2n) is 5.44. The molecule has 0 saturated heterocycles. The van der Waals surface area contributed by atoms with Crippen LogP contribution in [0.15, 0.2) is 0 Å². The summed E-state index contributed by atoms with van der Waals surface area (Å²) in [6, 6.07) is 0. The van der Waals surface area contributed by atoms with Gasteiger partial charge in [-0.2, -0.15) is 0 Å². The molecule has 15 heavy (non-hydrogen) atoms. The molecule has 4 nitrogen and oxygen atoms in total. The van der Waals surface area contributed by atoms with Crippen molar-refractivity contribution >= 4 is 25.2 Å². The summed E-state index contributed by atoms with van der Waals surface area (Å²) in [5.74, 6) is 0. The van der Waals surface area contributed by atoms with Gasteiger partial charge in [0, 0.05) is 0 Å². The highest BCUT2D eigenvalue weighted by atomic mass is 28.5. The summed E-state index contributed by atoms with van der Waals surface area (Å²) in [5.41, 5.74) is 0. The van der Waals surface area contributed by atoms with E-state index in [1.54, 1.807) is 0 Å². The molecule has 0 atom stereocenters. The maximum Gasteiger partial charge on any atom is 0.311 e. The van der Waals surface area contributed by atoms with Gasteiger partial charge in [0.1, 0.15) is 0 Å². The average molecular weight is 269 g/mol. The molecule has 0 aromatic carbocycles. The van der Waals surface area contributed by atoms with E-state index in [0.717, 1.165) is 0 Å². The highest BCUT2D eigenvalue weighted by molar-refractivity contribution is 6.87. The predicted molar refractivity (Wildman–Crippen MR) is 68.8 cm³/mol. The quantitative estimate of drug-likeness (QED) is 0.711. The van der Waals surface area contributed by atoms with Crippen molar-refractivity contribution in [1.82, 2.24) is 0 Å². The van der Waals surface area contributed by atoms with Gasteiger partial charge in [0.25, 0.3) is 0 Å².